The highest BCUT2D eigenvalue weighted by molar-refractivity contribution is 5.86. The van der Waals surface area contributed by atoms with Gasteiger partial charge in [0.15, 0.2) is 0 Å². The molecule has 1 aromatic rings. The molecular formula is C12H26Cl3N5. The maximum Gasteiger partial charge on any atom is 0.0565 e. The summed E-state index contributed by atoms with van der Waals surface area (Å²) >= 11 is 0. The average molecular weight is 347 g/mol. The van der Waals surface area contributed by atoms with E-state index in [-0.39, 0.29) is 37.2 Å². The van der Waals surface area contributed by atoms with Crippen molar-refractivity contribution in [1.29, 1.82) is 0 Å². The molecule has 1 aliphatic heterocycles. The third kappa shape index (κ3) is 5.39. The van der Waals surface area contributed by atoms with Gasteiger partial charge in [0.05, 0.1) is 11.9 Å². The Hall–Kier alpha value is -0.0400. The number of aromatic nitrogens is 2. The van der Waals surface area contributed by atoms with Crippen LogP contribution in [0.4, 0.5) is 0 Å². The first-order valence-electron chi connectivity index (χ1n) is 6.39. The van der Waals surface area contributed by atoms with E-state index in [1.807, 2.05) is 17.9 Å². The summed E-state index contributed by atoms with van der Waals surface area (Å²) in [5, 5.41) is 4.28. The fourth-order valence-electron chi connectivity index (χ4n) is 2.36. The second kappa shape index (κ2) is 10.7. The summed E-state index contributed by atoms with van der Waals surface area (Å²) in [6.07, 6.45) is 1.89. The van der Waals surface area contributed by atoms with E-state index >= 15 is 0 Å². The van der Waals surface area contributed by atoms with Crippen LogP contribution >= 0.6 is 37.2 Å². The van der Waals surface area contributed by atoms with Gasteiger partial charge in [-0.2, -0.15) is 5.10 Å². The van der Waals surface area contributed by atoms with E-state index in [0.717, 1.165) is 26.2 Å². The lowest BCUT2D eigenvalue weighted by molar-refractivity contribution is 0.129. The molecule has 0 spiro atoms. The lowest BCUT2D eigenvalue weighted by Gasteiger charge is -2.34. The van der Waals surface area contributed by atoms with Crippen molar-refractivity contribution in [2.45, 2.75) is 20.0 Å². The highest BCUT2D eigenvalue weighted by Gasteiger charge is 2.18. The summed E-state index contributed by atoms with van der Waals surface area (Å²) < 4.78 is 1.95. The summed E-state index contributed by atoms with van der Waals surface area (Å²) in [7, 11) is 2.00. The second-order valence-corrected chi connectivity index (χ2v) is 4.65. The Morgan fingerprint density at radius 3 is 2.15 bits per heavy atom. The monoisotopic (exact) mass is 345 g/mol. The van der Waals surface area contributed by atoms with Crippen molar-refractivity contribution in [2.24, 2.45) is 12.8 Å². The maximum absolute atomic E-state index is 5.73. The minimum absolute atomic E-state index is 0. The molecular weight excluding hydrogens is 321 g/mol. The molecule has 1 saturated heterocycles. The van der Waals surface area contributed by atoms with Crippen LogP contribution in [0.1, 0.15) is 18.2 Å². The minimum atomic E-state index is 0. The Labute approximate surface area is 140 Å². The minimum Gasteiger partial charge on any atom is -0.326 e. The van der Waals surface area contributed by atoms with Gasteiger partial charge in [0.2, 0.25) is 0 Å². The molecule has 2 rings (SSSR count). The molecule has 0 aliphatic carbocycles. The predicted octanol–water partition coefficient (Wildman–Crippen LogP) is 1.28. The number of hydrogen-bond acceptors (Lipinski definition) is 4. The largest absolute Gasteiger partial charge is 0.326 e. The van der Waals surface area contributed by atoms with Crippen LogP contribution in [0.2, 0.25) is 0 Å². The first-order chi connectivity index (χ1) is 8.24. The van der Waals surface area contributed by atoms with Gasteiger partial charge in [0.1, 0.15) is 0 Å². The van der Waals surface area contributed by atoms with E-state index in [0.29, 0.717) is 6.54 Å². The van der Waals surface area contributed by atoms with Gasteiger partial charge in [-0.3, -0.25) is 9.58 Å². The first-order valence-corrected chi connectivity index (χ1v) is 6.39. The zero-order valence-electron chi connectivity index (χ0n) is 12.1. The maximum atomic E-state index is 5.73. The Kier molecular flexibility index (Phi) is 11.8. The van der Waals surface area contributed by atoms with Gasteiger partial charge in [-0.05, 0) is 6.54 Å². The van der Waals surface area contributed by atoms with Crippen molar-refractivity contribution in [3.05, 3.63) is 17.5 Å². The Bertz CT molecular complexity index is 364. The molecule has 120 valence electrons. The molecule has 2 heterocycles. The van der Waals surface area contributed by atoms with E-state index in [2.05, 4.69) is 21.8 Å². The fraction of sp³-hybridized carbons (Fsp3) is 0.750. The van der Waals surface area contributed by atoms with Crippen molar-refractivity contribution in [3.8, 4) is 0 Å². The van der Waals surface area contributed by atoms with Gasteiger partial charge in [-0.25, -0.2) is 0 Å². The third-order valence-electron chi connectivity index (χ3n) is 3.65. The summed E-state index contributed by atoms with van der Waals surface area (Å²) in [6, 6.07) is 0. The molecule has 0 bridgehead atoms. The van der Waals surface area contributed by atoms with Crippen LogP contribution in [0.15, 0.2) is 6.20 Å². The molecule has 0 unspecified atom stereocenters. The van der Waals surface area contributed by atoms with Crippen molar-refractivity contribution < 1.29 is 0 Å². The van der Waals surface area contributed by atoms with Gasteiger partial charge < -0.3 is 10.6 Å². The van der Waals surface area contributed by atoms with Crippen molar-refractivity contribution >= 4 is 37.2 Å². The van der Waals surface area contributed by atoms with Crippen LogP contribution in [-0.4, -0.2) is 52.3 Å². The molecule has 8 heteroatoms. The first kappa shape index (κ1) is 22.2. The van der Waals surface area contributed by atoms with Gasteiger partial charge in [0.25, 0.3) is 0 Å². The molecule has 1 fully saturated rings. The molecule has 2 N–H and O–H groups in total. The van der Waals surface area contributed by atoms with Crippen molar-refractivity contribution in [2.75, 3.05) is 32.7 Å². The lowest BCUT2D eigenvalue weighted by atomic mass is 10.2. The van der Waals surface area contributed by atoms with Gasteiger partial charge >= 0.3 is 0 Å². The third-order valence-corrected chi connectivity index (χ3v) is 3.65. The van der Waals surface area contributed by atoms with E-state index in [9.17, 15) is 0 Å². The topological polar surface area (TPSA) is 50.3 Å². The number of rotatable bonds is 4. The predicted molar refractivity (Wildman–Crippen MR) is 90.2 cm³/mol. The van der Waals surface area contributed by atoms with Crippen LogP contribution in [0.25, 0.3) is 0 Å². The molecule has 5 nitrogen and oxygen atoms in total. The molecule has 0 radical (unpaired) electrons. The fourth-order valence-corrected chi connectivity index (χ4v) is 2.36. The smallest absolute Gasteiger partial charge is 0.0565 e. The molecule has 1 aliphatic rings. The van der Waals surface area contributed by atoms with Crippen LogP contribution < -0.4 is 5.73 Å². The number of likely N-dealkylation sites (N-methyl/N-ethyl adjacent to an activating group) is 1. The summed E-state index contributed by atoms with van der Waals surface area (Å²) in [5.41, 5.74) is 8.17. The summed E-state index contributed by atoms with van der Waals surface area (Å²) in [6.45, 7) is 9.57. The molecule has 1 aromatic heterocycles. The number of halogens is 3. The Morgan fingerprint density at radius 2 is 1.65 bits per heavy atom. The quantitative estimate of drug-likeness (QED) is 0.892. The zero-order valence-corrected chi connectivity index (χ0v) is 14.6. The van der Waals surface area contributed by atoms with Gasteiger partial charge in [-0.1, -0.05) is 6.92 Å². The summed E-state index contributed by atoms with van der Waals surface area (Å²) in [4.78, 5) is 4.98. The van der Waals surface area contributed by atoms with Crippen LogP contribution in [0.5, 0.6) is 0 Å². The molecule has 0 aromatic carbocycles. The average Bonchev–Trinajstić information content (AvgIpc) is 2.71. The normalized spacial score (nSPS) is 15.9. The molecule has 0 atom stereocenters. The highest BCUT2D eigenvalue weighted by Crippen LogP contribution is 2.12. The van der Waals surface area contributed by atoms with Crippen molar-refractivity contribution in [1.82, 2.24) is 19.6 Å². The van der Waals surface area contributed by atoms with Crippen LogP contribution in [-0.2, 0) is 20.1 Å². The van der Waals surface area contributed by atoms with Gasteiger partial charge in [-0.15, -0.1) is 37.2 Å². The van der Waals surface area contributed by atoms with Crippen LogP contribution in [0, 0.1) is 0 Å². The van der Waals surface area contributed by atoms with E-state index in [1.165, 1.54) is 24.3 Å². The number of piperazine rings is 1. The Balaban J connectivity index is 0. The molecule has 20 heavy (non-hydrogen) atoms. The standard InChI is InChI=1S/C12H23N5.3ClH/c1-3-16-4-6-17(7-5-16)10-12-11(8-13)9-14-15(12)2;;;/h9H,3-8,10,13H2,1-2H3;3*1H. The molecule has 0 amide bonds. The number of aryl methyl sites for hydroxylation is 1. The lowest BCUT2D eigenvalue weighted by Crippen LogP contribution is -2.45. The van der Waals surface area contributed by atoms with E-state index < -0.39 is 0 Å². The number of nitrogens with zero attached hydrogens (tertiary/aromatic N) is 4. The van der Waals surface area contributed by atoms with Crippen LogP contribution in [0.3, 0.4) is 0 Å². The SMILES string of the molecule is CCN1CCN(Cc2c(CN)cnn2C)CC1.Cl.Cl.Cl. The molecule has 0 saturated carbocycles. The van der Waals surface area contributed by atoms with Crippen molar-refractivity contribution in [3.63, 3.8) is 0 Å². The number of hydrogen-bond donors (Lipinski definition) is 1. The summed E-state index contributed by atoms with van der Waals surface area (Å²) in [5.74, 6) is 0. The van der Waals surface area contributed by atoms with E-state index in [4.69, 9.17) is 5.73 Å². The highest BCUT2D eigenvalue weighted by atomic mass is 35.5. The zero-order chi connectivity index (χ0) is 12.3. The number of nitrogens with two attached hydrogens (primary N) is 1. The second-order valence-electron chi connectivity index (χ2n) is 4.65. The van der Waals surface area contributed by atoms with E-state index in [1.54, 1.807) is 0 Å². The van der Waals surface area contributed by atoms with Gasteiger partial charge in [0, 0.05) is 51.9 Å². The Morgan fingerprint density at radius 1 is 1.10 bits per heavy atom.